The Morgan fingerprint density at radius 2 is 1.09 bits per heavy atom. The highest BCUT2D eigenvalue weighted by Gasteiger charge is 2.70. The molecule has 0 radical (unpaired) electrons. The van der Waals surface area contributed by atoms with Gasteiger partial charge >= 0.3 is 0 Å². The minimum absolute atomic E-state index is 0.621. The van der Waals surface area contributed by atoms with Crippen molar-refractivity contribution in [2.24, 2.45) is 81.8 Å². The van der Waals surface area contributed by atoms with E-state index >= 15 is 0 Å². The molecule has 0 heterocycles. The number of fused-ring (bicyclic) bond motifs is 11. The summed E-state index contributed by atoms with van der Waals surface area (Å²) in [4.78, 5) is 0. The molecule has 0 N–H and O–H groups in total. The van der Waals surface area contributed by atoms with Crippen LogP contribution in [0, 0.1) is 81.8 Å². The predicted octanol–water partition coefficient (Wildman–Crippen LogP) is 9.38. The van der Waals surface area contributed by atoms with Crippen LogP contribution in [0.15, 0.2) is 0 Å². The molecule has 33 heavy (non-hydrogen) atoms. The Morgan fingerprint density at radius 1 is 0.515 bits per heavy atom. The topological polar surface area (TPSA) is 0 Å². The number of rotatable bonds is 0. The van der Waals surface area contributed by atoms with Gasteiger partial charge in [-0.1, -0.05) is 59.8 Å². The van der Waals surface area contributed by atoms with Gasteiger partial charge in [0, 0.05) is 0 Å². The van der Waals surface area contributed by atoms with Gasteiger partial charge in [-0.25, -0.2) is 0 Å². The van der Waals surface area contributed by atoms with Crippen LogP contribution in [0.3, 0.4) is 0 Å². The summed E-state index contributed by atoms with van der Waals surface area (Å²) in [6.45, 7) is 10.8. The Labute approximate surface area is 205 Å². The van der Waals surface area contributed by atoms with Gasteiger partial charge in [0.25, 0.3) is 0 Å². The van der Waals surface area contributed by atoms with Gasteiger partial charge in [-0.2, -0.15) is 0 Å². The quantitative estimate of drug-likeness (QED) is 0.345. The molecule has 1 spiro atoms. The molecule has 7 aliphatic rings. The van der Waals surface area contributed by atoms with Gasteiger partial charge in [0.15, 0.2) is 0 Å². The van der Waals surface area contributed by atoms with Gasteiger partial charge < -0.3 is 0 Å². The first kappa shape index (κ1) is 22.2. The molecule has 0 heteroatoms. The zero-order chi connectivity index (χ0) is 22.5. The van der Waals surface area contributed by atoms with E-state index in [-0.39, 0.29) is 0 Å². The van der Waals surface area contributed by atoms with E-state index in [1.54, 1.807) is 89.9 Å². The fourth-order valence-electron chi connectivity index (χ4n) is 14.1. The average Bonchev–Trinajstić information content (AvgIpc) is 3.20. The largest absolute Gasteiger partial charge is 0.0625 e. The van der Waals surface area contributed by atoms with Crippen LogP contribution in [0.2, 0.25) is 0 Å². The van der Waals surface area contributed by atoms with Crippen LogP contribution in [-0.4, -0.2) is 0 Å². The van der Waals surface area contributed by atoms with Crippen molar-refractivity contribution in [3.63, 3.8) is 0 Å². The van der Waals surface area contributed by atoms with Crippen molar-refractivity contribution in [1.82, 2.24) is 0 Å². The average molecular weight is 451 g/mol. The molecule has 12 atom stereocenters. The van der Waals surface area contributed by atoms with Gasteiger partial charge in [-0.15, -0.1) is 0 Å². The first-order chi connectivity index (χ1) is 15.9. The molecule has 7 fully saturated rings. The van der Waals surface area contributed by atoms with Gasteiger partial charge in [0.05, 0.1) is 0 Å². The second-order valence-corrected chi connectivity index (χ2v) is 15.9. The van der Waals surface area contributed by atoms with E-state index < -0.39 is 0 Å². The van der Waals surface area contributed by atoms with Crippen LogP contribution < -0.4 is 0 Å². The lowest BCUT2D eigenvalue weighted by molar-refractivity contribution is -0.0409. The van der Waals surface area contributed by atoms with Crippen molar-refractivity contribution in [2.75, 3.05) is 0 Å². The Kier molecular flexibility index (Phi) is 5.22. The Hall–Kier alpha value is 0. The standard InChI is InChI=1S/C33H54/c1-20-17-21(2)19-33(18-20)25-12-8-7-11-24(25)30-28(33)16-15-27-31(30)29-23-10-6-5-9-22(23)13-14-26(29)32(27,3)4/h20-31H,5-19H2,1-4H3. The van der Waals surface area contributed by atoms with E-state index in [1.807, 2.05) is 0 Å². The molecule has 7 saturated carbocycles. The van der Waals surface area contributed by atoms with E-state index in [2.05, 4.69) is 27.7 Å². The van der Waals surface area contributed by atoms with Crippen LogP contribution in [0.4, 0.5) is 0 Å². The molecule has 0 aromatic heterocycles. The Balaban J connectivity index is 1.32. The summed E-state index contributed by atoms with van der Waals surface area (Å²) in [5.41, 5.74) is 1.37. The highest BCUT2D eigenvalue weighted by molar-refractivity contribution is 5.18. The summed E-state index contributed by atoms with van der Waals surface area (Å²) >= 11 is 0. The molecule has 0 saturated heterocycles. The molecule has 0 bridgehead atoms. The molecule has 12 unspecified atom stereocenters. The molecule has 7 aliphatic carbocycles. The van der Waals surface area contributed by atoms with E-state index in [0.29, 0.717) is 5.41 Å². The first-order valence-corrected chi connectivity index (χ1v) is 15.9. The molecule has 0 aromatic rings. The lowest BCUT2D eigenvalue weighted by Crippen LogP contribution is -2.46. The predicted molar refractivity (Wildman–Crippen MR) is 139 cm³/mol. The van der Waals surface area contributed by atoms with Crippen LogP contribution in [0.25, 0.3) is 0 Å². The highest BCUT2D eigenvalue weighted by atomic mass is 14.7. The third-order valence-corrected chi connectivity index (χ3v) is 14.3. The summed E-state index contributed by atoms with van der Waals surface area (Å²) < 4.78 is 0. The highest BCUT2D eigenvalue weighted by Crippen LogP contribution is 2.76. The monoisotopic (exact) mass is 450 g/mol. The Bertz CT molecular complexity index is 737. The second-order valence-electron chi connectivity index (χ2n) is 15.9. The van der Waals surface area contributed by atoms with Gasteiger partial charge in [-0.3, -0.25) is 0 Å². The summed E-state index contributed by atoms with van der Waals surface area (Å²) in [7, 11) is 0. The maximum Gasteiger partial charge on any atom is -0.0230 e. The van der Waals surface area contributed by atoms with Gasteiger partial charge in [0.2, 0.25) is 0 Å². The minimum atomic E-state index is 0.621. The molecule has 0 amide bonds. The van der Waals surface area contributed by atoms with Gasteiger partial charge in [-0.05, 0) is 146 Å². The number of hydrogen-bond acceptors (Lipinski definition) is 0. The fraction of sp³-hybridized carbons (Fsp3) is 1.00. The van der Waals surface area contributed by atoms with Gasteiger partial charge in [0.1, 0.15) is 0 Å². The molecule has 186 valence electrons. The van der Waals surface area contributed by atoms with Crippen molar-refractivity contribution in [3.05, 3.63) is 0 Å². The normalized spacial score (nSPS) is 59.3. The molecule has 7 rings (SSSR count). The smallest absolute Gasteiger partial charge is 0.0230 e. The lowest BCUT2D eigenvalue weighted by Gasteiger charge is -2.53. The van der Waals surface area contributed by atoms with Crippen LogP contribution in [0.1, 0.15) is 124 Å². The molecular formula is C33H54. The first-order valence-electron chi connectivity index (χ1n) is 15.9. The lowest BCUT2D eigenvalue weighted by atomic mass is 9.52. The SMILES string of the molecule is CC1CC(C)CC2(C1)C1CCCCC1C1C3C4C5CCCCC5CCC4C(C)(C)C3CCC12. The van der Waals surface area contributed by atoms with E-state index in [4.69, 9.17) is 0 Å². The summed E-state index contributed by atoms with van der Waals surface area (Å²) in [5.74, 6) is 13.0. The molecule has 0 aromatic carbocycles. The third-order valence-electron chi connectivity index (χ3n) is 14.3. The van der Waals surface area contributed by atoms with Crippen molar-refractivity contribution in [1.29, 1.82) is 0 Å². The van der Waals surface area contributed by atoms with Crippen molar-refractivity contribution in [3.8, 4) is 0 Å². The van der Waals surface area contributed by atoms with Crippen LogP contribution >= 0.6 is 0 Å². The van der Waals surface area contributed by atoms with Crippen LogP contribution in [-0.2, 0) is 0 Å². The Morgan fingerprint density at radius 3 is 1.88 bits per heavy atom. The maximum absolute atomic E-state index is 2.77. The maximum atomic E-state index is 2.77. The zero-order valence-corrected chi connectivity index (χ0v) is 22.5. The van der Waals surface area contributed by atoms with E-state index in [0.717, 1.165) is 76.4 Å². The molecule has 0 nitrogen and oxygen atoms in total. The molecule has 0 aliphatic heterocycles. The minimum Gasteiger partial charge on any atom is -0.0625 e. The second kappa shape index (κ2) is 7.75. The fourth-order valence-corrected chi connectivity index (χ4v) is 14.1. The zero-order valence-electron chi connectivity index (χ0n) is 22.5. The van der Waals surface area contributed by atoms with Crippen molar-refractivity contribution >= 4 is 0 Å². The number of hydrogen-bond donors (Lipinski definition) is 0. The summed E-state index contributed by atoms with van der Waals surface area (Å²) in [6, 6.07) is 0. The molecular weight excluding hydrogens is 396 g/mol. The third kappa shape index (κ3) is 3.00. The van der Waals surface area contributed by atoms with Crippen LogP contribution in [0.5, 0.6) is 0 Å². The summed E-state index contributed by atoms with van der Waals surface area (Å²) in [5, 5.41) is 0. The summed E-state index contributed by atoms with van der Waals surface area (Å²) in [6.07, 6.45) is 23.8. The van der Waals surface area contributed by atoms with E-state index in [9.17, 15) is 0 Å². The van der Waals surface area contributed by atoms with E-state index in [1.165, 1.54) is 6.42 Å². The van der Waals surface area contributed by atoms with Crippen molar-refractivity contribution in [2.45, 2.75) is 124 Å². The van der Waals surface area contributed by atoms with Crippen molar-refractivity contribution < 1.29 is 0 Å².